The Labute approximate surface area is 155 Å². The second kappa shape index (κ2) is 8.30. The lowest BCUT2D eigenvalue weighted by Crippen LogP contribution is -2.09. The molecule has 1 atom stereocenters. The molecule has 1 unspecified atom stereocenters. The third-order valence-electron chi connectivity index (χ3n) is 4.41. The molecule has 130 valence electrons. The van der Waals surface area contributed by atoms with Crippen molar-refractivity contribution in [1.29, 1.82) is 0 Å². The van der Waals surface area contributed by atoms with Gasteiger partial charge in [-0.05, 0) is 23.0 Å². The quantitative estimate of drug-likeness (QED) is 0.559. The van der Waals surface area contributed by atoms with Crippen LogP contribution in [0.4, 0.5) is 5.13 Å². The van der Waals surface area contributed by atoms with E-state index in [-0.39, 0.29) is 0 Å². The number of hydrogen-bond donors (Lipinski definition) is 1. The van der Waals surface area contributed by atoms with Crippen LogP contribution in [-0.2, 0) is 6.42 Å². The van der Waals surface area contributed by atoms with Gasteiger partial charge in [0.2, 0.25) is 0 Å². The molecule has 3 rings (SSSR count). The summed E-state index contributed by atoms with van der Waals surface area (Å²) in [6, 6.07) is 21.3. The molecule has 1 heterocycles. The van der Waals surface area contributed by atoms with Crippen LogP contribution in [0.3, 0.4) is 0 Å². The number of nitrogens with one attached hydrogen (secondary N) is 1. The van der Waals surface area contributed by atoms with Crippen LogP contribution in [0.2, 0.25) is 0 Å². The Hall–Kier alpha value is -2.13. The minimum absolute atomic E-state index is 0.442. The van der Waals surface area contributed by atoms with E-state index < -0.39 is 0 Å². The summed E-state index contributed by atoms with van der Waals surface area (Å²) >= 11 is 1.80. The van der Waals surface area contributed by atoms with Crippen molar-refractivity contribution in [2.75, 3.05) is 11.9 Å². The normalized spacial score (nSPS) is 12.3. The van der Waals surface area contributed by atoms with E-state index in [1.807, 2.05) is 0 Å². The fourth-order valence-electron chi connectivity index (χ4n) is 2.94. The van der Waals surface area contributed by atoms with E-state index in [1.54, 1.807) is 11.3 Å². The van der Waals surface area contributed by atoms with E-state index in [0.717, 1.165) is 18.1 Å². The van der Waals surface area contributed by atoms with E-state index in [4.69, 9.17) is 4.98 Å². The minimum Gasteiger partial charge on any atom is -0.361 e. The fraction of sp³-hybridized carbons (Fsp3) is 0.318. The first-order valence-electron chi connectivity index (χ1n) is 8.96. The first-order chi connectivity index (χ1) is 12.1. The van der Waals surface area contributed by atoms with Crippen molar-refractivity contribution in [2.24, 2.45) is 0 Å². The predicted octanol–water partition coefficient (Wildman–Crippen LogP) is 6.07. The highest BCUT2D eigenvalue weighted by Crippen LogP contribution is 2.31. The van der Waals surface area contributed by atoms with Crippen molar-refractivity contribution < 1.29 is 0 Å². The van der Waals surface area contributed by atoms with Crippen molar-refractivity contribution >= 4 is 16.5 Å². The number of thiazole rings is 1. The molecule has 0 aliphatic rings. The second-order valence-electron chi connectivity index (χ2n) is 6.84. The van der Waals surface area contributed by atoms with Gasteiger partial charge in [-0.3, -0.25) is 0 Å². The van der Waals surface area contributed by atoms with Crippen molar-refractivity contribution in [3.8, 4) is 0 Å². The molecule has 2 nitrogen and oxygen atoms in total. The molecule has 0 fully saturated rings. The maximum Gasteiger partial charge on any atom is 0.183 e. The largest absolute Gasteiger partial charge is 0.361 e. The molecule has 0 amide bonds. The van der Waals surface area contributed by atoms with Crippen LogP contribution >= 0.6 is 11.3 Å². The van der Waals surface area contributed by atoms with Gasteiger partial charge in [0.05, 0.1) is 5.69 Å². The highest BCUT2D eigenvalue weighted by atomic mass is 32.1. The average Bonchev–Trinajstić information content (AvgIpc) is 3.04. The van der Waals surface area contributed by atoms with Gasteiger partial charge in [0.25, 0.3) is 0 Å². The lowest BCUT2D eigenvalue weighted by molar-refractivity contribution is 0.795. The molecule has 0 saturated carbocycles. The summed E-state index contributed by atoms with van der Waals surface area (Å²) in [4.78, 5) is 6.25. The first-order valence-corrected chi connectivity index (χ1v) is 9.77. The summed E-state index contributed by atoms with van der Waals surface area (Å²) in [5.74, 6) is 0.905. The van der Waals surface area contributed by atoms with Crippen molar-refractivity contribution in [1.82, 2.24) is 4.98 Å². The summed E-state index contributed by atoms with van der Waals surface area (Å²) in [6.07, 6.45) is 0.960. The molecule has 0 bridgehead atoms. The summed E-state index contributed by atoms with van der Waals surface area (Å²) in [5, 5.41) is 4.59. The Morgan fingerprint density at radius 1 is 0.920 bits per heavy atom. The van der Waals surface area contributed by atoms with E-state index >= 15 is 0 Å². The zero-order valence-corrected chi connectivity index (χ0v) is 16.0. The molecule has 0 aliphatic heterocycles. The first kappa shape index (κ1) is 17.7. The minimum atomic E-state index is 0.442. The predicted molar refractivity (Wildman–Crippen MR) is 109 cm³/mol. The Bertz CT molecular complexity index is 778. The Balaban J connectivity index is 1.71. The van der Waals surface area contributed by atoms with E-state index in [2.05, 4.69) is 86.8 Å². The third-order valence-corrected chi connectivity index (χ3v) is 5.44. The smallest absolute Gasteiger partial charge is 0.183 e. The molecule has 2 aromatic carbocycles. The Morgan fingerprint density at radius 3 is 2.20 bits per heavy atom. The highest BCUT2D eigenvalue weighted by Gasteiger charge is 2.15. The van der Waals surface area contributed by atoms with Crippen molar-refractivity contribution in [2.45, 2.75) is 39.0 Å². The molecule has 1 N–H and O–H groups in total. The van der Waals surface area contributed by atoms with Gasteiger partial charge in [0, 0.05) is 17.8 Å². The zero-order valence-electron chi connectivity index (χ0n) is 15.2. The van der Waals surface area contributed by atoms with Crippen molar-refractivity contribution in [3.05, 3.63) is 82.4 Å². The molecule has 3 heteroatoms. The van der Waals surface area contributed by atoms with Crippen LogP contribution < -0.4 is 5.32 Å². The van der Waals surface area contributed by atoms with E-state index in [0.29, 0.717) is 11.8 Å². The Morgan fingerprint density at radius 2 is 1.56 bits per heavy atom. The number of rotatable bonds is 7. The van der Waals surface area contributed by atoms with E-state index in [9.17, 15) is 0 Å². The number of anilines is 1. The molecule has 1 aromatic heterocycles. The van der Waals surface area contributed by atoms with Crippen LogP contribution in [0, 0.1) is 0 Å². The standard InChI is InChI=1S/C22H26N2S/c1-16(2)21-20(14-18-10-6-4-7-11-18)25-22(24-21)23-15-17(3)19-12-8-5-9-13-19/h4-13,16-17H,14-15H2,1-3H3,(H,23,24). The van der Waals surface area contributed by atoms with Gasteiger partial charge >= 0.3 is 0 Å². The summed E-state index contributed by atoms with van der Waals surface area (Å²) in [5.41, 5.74) is 3.93. The summed E-state index contributed by atoms with van der Waals surface area (Å²) in [7, 11) is 0. The second-order valence-corrected chi connectivity index (χ2v) is 7.92. The molecule has 25 heavy (non-hydrogen) atoms. The van der Waals surface area contributed by atoms with Gasteiger partial charge in [-0.2, -0.15) is 0 Å². The molecular weight excluding hydrogens is 324 g/mol. The lowest BCUT2D eigenvalue weighted by Gasteiger charge is -2.12. The zero-order chi connectivity index (χ0) is 17.6. The molecular formula is C22H26N2S. The van der Waals surface area contributed by atoms with Gasteiger partial charge in [-0.1, -0.05) is 81.4 Å². The van der Waals surface area contributed by atoms with Gasteiger partial charge in [0.1, 0.15) is 0 Å². The maximum atomic E-state index is 4.88. The van der Waals surface area contributed by atoms with Gasteiger partial charge in [0.15, 0.2) is 5.13 Å². The summed E-state index contributed by atoms with van der Waals surface area (Å²) < 4.78 is 0. The number of nitrogens with zero attached hydrogens (tertiary/aromatic N) is 1. The number of benzene rings is 2. The van der Waals surface area contributed by atoms with Crippen LogP contribution in [0.1, 0.15) is 54.3 Å². The van der Waals surface area contributed by atoms with Crippen molar-refractivity contribution in [3.63, 3.8) is 0 Å². The molecule has 0 spiro atoms. The van der Waals surface area contributed by atoms with E-state index in [1.165, 1.54) is 21.7 Å². The molecule has 0 radical (unpaired) electrons. The SMILES string of the molecule is CC(C)c1nc(NCC(C)c2ccccc2)sc1Cc1ccccc1. The molecule has 0 saturated heterocycles. The van der Waals surface area contributed by atoms with Crippen LogP contribution in [-0.4, -0.2) is 11.5 Å². The van der Waals surface area contributed by atoms with Crippen LogP contribution in [0.25, 0.3) is 0 Å². The topological polar surface area (TPSA) is 24.9 Å². The highest BCUT2D eigenvalue weighted by molar-refractivity contribution is 7.15. The van der Waals surface area contributed by atoms with Gasteiger partial charge in [-0.15, -0.1) is 11.3 Å². The monoisotopic (exact) mass is 350 g/mol. The average molecular weight is 351 g/mol. The van der Waals surface area contributed by atoms with Gasteiger partial charge in [-0.25, -0.2) is 4.98 Å². The number of hydrogen-bond acceptors (Lipinski definition) is 3. The third kappa shape index (κ3) is 4.70. The molecule has 0 aliphatic carbocycles. The van der Waals surface area contributed by atoms with Crippen LogP contribution in [0.5, 0.6) is 0 Å². The maximum absolute atomic E-state index is 4.88. The summed E-state index contributed by atoms with van der Waals surface area (Å²) in [6.45, 7) is 7.60. The molecule has 3 aromatic rings. The number of aromatic nitrogens is 1. The van der Waals surface area contributed by atoms with Crippen LogP contribution in [0.15, 0.2) is 60.7 Å². The fourth-order valence-corrected chi connectivity index (χ4v) is 4.10. The lowest BCUT2D eigenvalue weighted by atomic mass is 10.0. The van der Waals surface area contributed by atoms with Gasteiger partial charge < -0.3 is 5.32 Å². The Kier molecular flexibility index (Phi) is 5.87.